The second kappa shape index (κ2) is 17.9. The summed E-state index contributed by atoms with van der Waals surface area (Å²) in [4.78, 5) is 26.0. The Morgan fingerprint density at radius 3 is 2.30 bits per heavy atom. The van der Waals surface area contributed by atoms with Crippen molar-refractivity contribution in [3.63, 3.8) is 0 Å². The van der Waals surface area contributed by atoms with Crippen LogP contribution in [-0.2, 0) is 0 Å². The average Bonchev–Trinajstić information content (AvgIpc) is 3.21. The van der Waals surface area contributed by atoms with Gasteiger partial charge >= 0.3 is 0 Å². The van der Waals surface area contributed by atoms with E-state index in [0.29, 0.717) is 17.8 Å². The van der Waals surface area contributed by atoms with Crippen LogP contribution in [0.25, 0.3) is 0 Å². The van der Waals surface area contributed by atoms with E-state index in [9.17, 15) is 4.79 Å². The molecule has 0 radical (unpaired) electrons. The minimum absolute atomic E-state index is 0.241. The number of hydrogen-bond acceptors (Lipinski definition) is 7. The van der Waals surface area contributed by atoms with Gasteiger partial charge in [-0.1, -0.05) is 32.9 Å². The Balaban J connectivity index is 0.000000609. The monoisotopic (exact) mass is 460 g/mol. The molecule has 0 bridgehead atoms. The summed E-state index contributed by atoms with van der Waals surface area (Å²) in [7, 11) is 1.95. The zero-order chi connectivity index (χ0) is 25.2. The van der Waals surface area contributed by atoms with Crippen LogP contribution >= 0.6 is 0 Å². The Kier molecular flexibility index (Phi) is 16.5. The van der Waals surface area contributed by atoms with Crippen LogP contribution in [0.3, 0.4) is 0 Å². The quantitative estimate of drug-likeness (QED) is 0.344. The van der Waals surface area contributed by atoms with E-state index in [-0.39, 0.29) is 5.56 Å². The van der Waals surface area contributed by atoms with Crippen LogP contribution < -0.4 is 15.7 Å². The molecule has 0 saturated carbocycles. The summed E-state index contributed by atoms with van der Waals surface area (Å²) in [5.74, 6) is 1.18. The lowest BCUT2D eigenvalue weighted by molar-refractivity contribution is 0.0705. The van der Waals surface area contributed by atoms with Crippen molar-refractivity contribution in [2.24, 2.45) is 16.8 Å². The highest BCUT2D eigenvalue weighted by molar-refractivity contribution is 5.92. The Labute approximate surface area is 200 Å². The molecule has 1 aromatic heterocycles. The number of aromatic nitrogens is 2. The topological polar surface area (TPSA) is 103 Å². The van der Waals surface area contributed by atoms with Gasteiger partial charge in [0.25, 0.3) is 5.91 Å². The van der Waals surface area contributed by atoms with E-state index in [1.165, 1.54) is 43.1 Å². The number of hydroxylamine groups is 1. The molecule has 1 saturated heterocycles. The highest BCUT2D eigenvalue weighted by Gasteiger charge is 2.30. The lowest BCUT2D eigenvalue weighted by Gasteiger charge is -2.16. The summed E-state index contributed by atoms with van der Waals surface area (Å²) >= 11 is 0. The molecule has 33 heavy (non-hydrogen) atoms. The molecule has 0 spiro atoms. The Morgan fingerprint density at radius 1 is 1.24 bits per heavy atom. The van der Waals surface area contributed by atoms with Crippen molar-refractivity contribution in [2.75, 3.05) is 31.6 Å². The van der Waals surface area contributed by atoms with Gasteiger partial charge < -0.3 is 10.2 Å². The van der Waals surface area contributed by atoms with Crippen LogP contribution in [0.15, 0.2) is 41.8 Å². The summed E-state index contributed by atoms with van der Waals surface area (Å²) in [6.45, 7) is 18.4. The number of amides is 1. The van der Waals surface area contributed by atoms with Crippen molar-refractivity contribution in [1.29, 1.82) is 0 Å². The van der Waals surface area contributed by atoms with Gasteiger partial charge in [-0.3, -0.25) is 15.0 Å². The lowest BCUT2D eigenvalue weighted by atomic mass is 9.98. The van der Waals surface area contributed by atoms with Crippen molar-refractivity contribution in [3.05, 3.63) is 42.4 Å². The number of anilines is 1. The summed E-state index contributed by atoms with van der Waals surface area (Å²) in [5.41, 5.74) is 4.35. The molecule has 8 nitrogen and oxygen atoms in total. The molecule has 0 aromatic carbocycles. The molecular formula is C25H44N6O2. The van der Waals surface area contributed by atoms with Crippen molar-refractivity contribution in [3.8, 4) is 0 Å². The van der Waals surface area contributed by atoms with Gasteiger partial charge in [-0.05, 0) is 65.5 Å². The maximum absolute atomic E-state index is 11.2. The summed E-state index contributed by atoms with van der Waals surface area (Å²) < 4.78 is 0. The van der Waals surface area contributed by atoms with Gasteiger partial charge in [0, 0.05) is 36.9 Å². The summed E-state index contributed by atoms with van der Waals surface area (Å²) in [6.07, 6.45) is 10.3. The van der Waals surface area contributed by atoms with E-state index in [2.05, 4.69) is 58.6 Å². The highest BCUT2D eigenvalue weighted by Crippen LogP contribution is 2.25. The lowest BCUT2D eigenvalue weighted by Crippen LogP contribution is -2.26. The molecule has 3 N–H and O–H groups in total. The molecule has 2 aliphatic rings. The van der Waals surface area contributed by atoms with Crippen molar-refractivity contribution < 1.29 is 10.0 Å². The molecule has 1 amide bonds. The molecule has 2 unspecified atom stereocenters. The number of rotatable bonds is 4. The number of aliphatic imine (C=N–C) groups is 1. The average molecular weight is 461 g/mol. The number of nitrogens with one attached hydrogen (secondary N) is 2. The molecule has 0 aliphatic carbocycles. The Morgan fingerprint density at radius 2 is 1.85 bits per heavy atom. The molecule has 3 heterocycles. The van der Waals surface area contributed by atoms with E-state index in [1.807, 2.05) is 27.8 Å². The second-order valence-corrected chi connectivity index (χ2v) is 7.80. The van der Waals surface area contributed by atoms with Gasteiger partial charge in [-0.2, -0.15) is 0 Å². The predicted molar refractivity (Wildman–Crippen MR) is 138 cm³/mol. The highest BCUT2D eigenvalue weighted by atomic mass is 16.5. The normalized spacial score (nSPS) is 20.2. The number of nitrogens with zero attached hydrogens (tertiary/aromatic N) is 4. The van der Waals surface area contributed by atoms with E-state index in [1.54, 1.807) is 11.6 Å². The predicted octanol–water partition coefficient (Wildman–Crippen LogP) is 4.64. The first kappa shape index (κ1) is 30.4. The van der Waals surface area contributed by atoms with Crippen LogP contribution in [-0.4, -0.2) is 53.5 Å². The van der Waals surface area contributed by atoms with Crippen molar-refractivity contribution >= 4 is 17.6 Å². The third-order valence-electron chi connectivity index (χ3n) is 5.16. The molecule has 2 aliphatic heterocycles. The fourth-order valence-electron chi connectivity index (χ4n) is 3.48. The number of allylic oxidation sites excluding steroid dienone is 3. The first-order chi connectivity index (χ1) is 15.9. The van der Waals surface area contributed by atoms with Crippen molar-refractivity contribution in [1.82, 2.24) is 20.8 Å². The molecule has 3 rings (SSSR count). The van der Waals surface area contributed by atoms with Gasteiger partial charge in [0.15, 0.2) is 0 Å². The minimum Gasteiger partial charge on any atom is -0.340 e. The fourth-order valence-corrected chi connectivity index (χ4v) is 3.48. The first-order valence-electron chi connectivity index (χ1n) is 11.8. The van der Waals surface area contributed by atoms with Crippen LogP contribution in [0.1, 0.15) is 71.2 Å². The Hall–Kier alpha value is -2.58. The smallest absolute Gasteiger partial charge is 0.277 e. The first-order valence-corrected chi connectivity index (χ1v) is 11.8. The molecular weight excluding hydrogens is 416 g/mol. The van der Waals surface area contributed by atoms with Gasteiger partial charge in [0.1, 0.15) is 0 Å². The summed E-state index contributed by atoms with van der Waals surface area (Å²) in [6, 6.07) is 0. The molecule has 8 heteroatoms. The van der Waals surface area contributed by atoms with E-state index >= 15 is 0 Å². The number of carbonyl (C=O) groups is 1. The maximum Gasteiger partial charge on any atom is 0.277 e. The van der Waals surface area contributed by atoms with E-state index in [0.717, 1.165) is 19.6 Å². The third kappa shape index (κ3) is 11.2. The zero-order valence-corrected chi connectivity index (χ0v) is 21.6. The standard InChI is InChI=1S/C12H19N5O2.C8H13N.C3H6.C2H6/c1-8-6-17(7-10(8)3-13-2)12-14-4-9(5-15-12)11(18)16-19;1-3-8-6-4-5-7(2)9-8;1-3-2;1-2/h4-5,8,10,13,19H,3,6-7H2,1-2H3,(H,16,18);3H,4-6H2,1-2H3;3H,1H2,2H3;1-2H3/b;8-3+;;. The SMILES string of the molecule is C/C=C1\CCCC(C)=N1.C=CC.CC.CNCC1CN(c2ncc(C(=O)NO)cn2)CC1C. The molecule has 2 atom stereocenters. The maximum atomic E-state index is 11.2. The number of carbonyl (C=O) groups excluding carboxylic acids is 1. The largest absolute Gasteiger partial charge is 0.340 e. The van der Waals surface area contributed by atoms with Gasteiger partial charge in [0.2, 0.25) is 5.95 Å². The summed E-state index contributed by atoms with van der Waals surface area (Å²) in [5, 5.41) is 11.7. The van der Waals surface area contributed by atoms with Gasteiger partial charge in [0.05, 0.1) is 5.56 Å². The zero-order valence-electron chi connectivity index (χ0n) is 21.6. The molecule has 1 aromatic rings. The van der Waals surface area contributed by atoms with Crippen LogP contribution in [0.4, 0.5) is 5.95 Å². The Bertz CT molecular complexity index is 746. The van der Waals surface area contributed by atoms with E-state index in [4.69, 9.17) is 5.21 Å². The third-order valence-corrected chi connectivity index (χ3v) is 5.16. The molecule has 1 fully saturated rings. The minimum atomic E-state index is -0.602. The van der Waals surface area contributed by atoms with Crippen LogP contribution in [0.2, 0.25) is 0 Å². The molecule has 186 valence electrons. The van der Waals surface area contributed by atoms with Gasteiger partial charge in [-0.25, -0.2) is 15.4 Å². The second-order valence-electron chi connectivity index (χ2n) is 7.80. The van der Waals surface area contributed by atoms with Crippen molar-refractivity contribution in [2.45, 2.75) is 60.8 Å². The van der Waals surface area contributed by atoms with Gasteiger partial charge in [-0.15, -0.1) is 6.58 Å². The van der Waals surface area contributed by atoms with E-state index < -0.39 is 5.91 Å². The van der Waals surface area contributed by atoms with Crippen LogP contribution in [0, 0.1) is 11.8 Å². The number of hydrogen-bond donors (Lipinski definition) is 3. The van der Waals surface area contributed by atoms with Crippen LogP contribution in [0.5, 0.6) is 0 Å². The fraction of sp³-hybridized carbons (Fsp3) is 0.600.